The summed E-state index contributed by atoms with van der Waals surface area (Å²) in [5, 5.41) is 0. The number of hydrogen-bond acceptors (Lipinski definition) is 3. The van der Waals surface area contributed by atoms with E-state index in [-0.39, 0.29) is 17.7 Å². The Labute approximate surface area is 112 Å². The van der Waals surface area contributed by atoms with Gasteiger partial charge in [-0.15, -0.1) is 11.3 Å². The number of carbonyl (C=O) groups is 2. The average molecular weight is 265 g/mol. The van der Waals surface area contributed by atoms with Crippen LogP contribution >= 0.6 is 11.3 Å². The summed E-state index contributed by atoms with van der Waals surface area (Å²) in [4.78, 5) is 27.5. The second-order valence-corrected chi connectivity index (χ2v) is 6.31. The molecule has 1 aliphatic rings. The molecule has 1 aromatic rings. The molecule has 1 aromatic heterocycles. The van der Waals surface area contributed by atoms with E-state index in [1.807, 2.05) is 24.8 Å². The molecule has 0 radical (unpaired) electrons. The van der Waals surface area contributed by atoms with Crippen molar-refractivity contribution in [1.29, 1.82) is 0 Å². The minimum Gasteiger partial charge on any atom is -0.335 e. The van der Waals surface area contributed by atoms with Crippen molar-refractivity contribution >= 4 is 23.0 Å². The topological polar surface area (TPSA) is 37.4 Å². The molecule has 0 aromatic carbocycles. The fourth-order valence-electron chi connectivity index (χ4n) is 2.47. The SMILES string of the molecule is CC(=O)CC1CCCN1C(=O)c1cc(C)c(C)s1. The average Bonchev–Trinajstić information content (AvgIpc) is 2.85. The number of thiophene rings is 1. The lowest BCUT2D eigenvalue weighted by molar-refractivity contribution is -0.117. The Balaban J connectivity index is 2.15. The number of aryl methyl sites for hydroxylation is 2. The number of Topliss-reactive ketones (excluding diaryl/α,β-unsaturated/α-hetero) is 1. The van der Waals surface area contributed by atoms with Crippen LogP contribution in [0.4, 0.5) is 0 Å². The van der Waals surface area contributed by atoms with E-state index in [4.69, 9.17) is 0 Å². The van der Waals surface area contributed by atoms with E-state index in [1.165, 1.54) is 10.4 Å². The van der Waals surface area contributed by atoms with E-state index in [2.05, 4.69) is 0 Å². The molecule has 1 atom stereocenters. The molecular formula is C14H19NO2S. The molecule has 3 nitrogen and oxygen atoms in total. The van der Waals surface area contributed by atoms with Crippen molar-refractivity contribution in [3.05, 3.63) is 21.4 Å². The Morgan fingerprint density at radius 2 is 2.17 bits per heavy atom. The first-order chi connectivity index (χ1) is 8.49. The number of nitrogens with zero attached hydrogens (tertiary/aromatic N) is 1. The van der Waals surface area contributed by atoms with Gasteiger partial charge in [-0.1, -0.05) is 0 Å². The number of hydrogen-bond donors (Lipinski definition) is 0. The van der Waals surface area contributed by atoms with Gasteiger partial charge < -0.3 is 4.90 Å². The summed E-state index contributed by atoms with van der Waals surface area (Å²) in [6, 6.07) is 2.07. The first-order valence-corrected chi connectivity index (χ1v) is 7.18. The third kappa shape index (κ3) is 2.64. The van der Waals surface area contributed by atoms with Crippen LogP contribution in [0.3, 0.4) is 0 Å². The van der Waals surface area contributed by atoms with Crippen LogP contribution in [0.1, 0.15) is 46.3 Å². The lowest BCUT2D eigenvalue weighted by Gasteiger charge is -2.23. The summed E-state index contributed by atoms with van der Waals surface area (Å²) >= 11 is 1.55. The molecule has 0 aliphatic carbocycles. The van der Waals surface area contributed by atoms with Crippen molar-refractivity contribution in [2.45, 2.75) is 46.1 Å². The molecule has 1 unspecified atom stereocenters. The molecule has 18 heavy (non-hydrogen) atoms. The summed E-state index contributed by atoms with van der Waals surface area (Å²) in [5.41, 5.74) is 1.17. The highest BCUT2D eigenvalue weighted by atomic mass is 32.1. The standard InChI is InChI=1S/C14H19NO2S/c1-9-7-13(18-11(9)3)14(17)15-6-4-5-12(15)8-10(2)16/h7,12H,4-6,8H2,1-3H3. The lowest BCUT2D eigenvalue weighted by Crippen LogP contribution is -2.36. The Kier molecular flexibility index (Phi) is 3.85. The Morgan fingerprint density at radius 3 is 2.72 bits per heavy atom. The van der Waals surface area contributed by atoms with Crippen LogP contribution in [0, 0.1) is 13.8 Å². The van der Waals surface area contributed by atoms with Gasteiger partial charge in [-0.3, -0.25) is 9.59 Å². The first kappa shape index (κ1) is 13.3. The van der Waals surface area contributed by atoms with E-state index in [1.54, 1.807) is 18.3 Å². The van der Waals surface area contributed by atoms with Crippen molar-refractivity contribution in [3.8, 4) is 0 Å². The minimum absolute atomic E-state index is 0.0972. The van der Waals surface area contributed by atoms with Crippen LogP contribution < -0.4 is 0 Å². The van der Waals surface area contributed by atoms with Crippen LogP contribution in [-0.2, 0) is 4.79 Å². The van der Waals surface area contributed by atoms with E-state index >= 15 is 0 Å². The van der Waals surface area contributed by atoms with Gasteiger partial charge in [-0.05, 0) is 45.2 Å². The van der Waals surface area contributed by atoms with Crippen molar-refractivity contribution in [2.75, 3.05) is 6.54 Å². The third-order valence-electron chi connectivity index (χ3n) is 3.54. The predicted octanol–water partition coefficient (Wildman–Crippen LogP) is 2.95. The summed E-state index contributed by atoms with van der Waals surface area (Å²) in [5.74, 6) is 0.262. The zero-order chi connectivity index (χ0) is 13.3. The molecule has 0 bridgehead atoms. The second-order valence-electron chi connectivity index (χ2n) is 5.05. The Bertz CT molecular complexity index is 459. The van der Waals surface area contributed by atoms with Crippen molar-refractivity contribution in [2.24, 2.45) is 0 Å². The van der Waals surface area contributed by atoms with E-state index in [0.29, 0.717) is 6.42 Å². The first-order valence-electron chi connectivity index (χ1n) is 6.36. The molecule has 98 valence electrons. The summed E-state index contributed by atoms with van der Waals surface area (Å²) in [7, 11) is 0. The van der Waals surface area contributed by atoms with Gasteiger partial charge in [0.05, 0.1) is 4.88 Å². The maximum Gasteiger partial charge on any atom is 0.264 e. The number of ketones is 1. The number of amides is 1. The quantitative estimate of drug-likeness (QED) is 0.842. The summed E-state index contributed by atoms with van der Waals surface area (Å²) in [6.45, 7) is 6.45. The van der Waals surface area contributed by atoms with Gasteiger partial charge in [0.25, 0.3) is 5.91 Å². The van der Waals surface area contributed by atoms with Crippen molar-refractivity contribution in [3.63, 3.8) is 0 Å². The largest absolute Gasteiger partial charge is 0.335 e. The highest BCUT2D eigenvalue weighted by Gasteiger charge is 2.30. The molecule has 0 saturated carbocycles. The highest BCUT2D eigenvalue weighted by molar-refractivity contribution is 7.14. The van der Waals surface area contributed by atoms with Crippen molar-refractivity contribution in [1.82, 2.24) is 4.90 Å². The Morgan fingerprint density at radius 1 is 1.44 bits per heavy atom. The maximum absolute atomic E-state index is 12.4. The monoisotopic (exact) mass is 265 g/mol. The van der Waals surface area contributed by atoms with Gasteiger partial charge in [0.1, 0.15) is 5.78 Å². The lowest BCUT2D eigenvalue weighted by atomic mass is 10.1. The second kappa shape index (κ2) is 5.22. The van der Waals surface area contributed by atoms with Gasteiger partial charge >= 0.3 is 0 Å². The fraction of sp³-hybridized carbons (Fsp3) is 0.571. The third-order valence-corrected chi connectivity index (χ3v) is 4.68. The molecule has 1 fully saturated rings. The molecule has 0 spiro atoms. The van der Waals surface area contributed by atoms with Crippen LogP contribution in [-0.4, -0.2) is 29.2 Å². The van der Waals surface area contributed by atoms with Gasteiger partial charge in [-0.25, -0.2) is 0 Å². The molecule has 4 heteroatoms. The zero-order valence-electron chi connectivity index (χ0n) is 11.2. The normalized spacial score (nSPS) is 19.3. The van der Waals surface area contributed by atoms with Crippen LogP contribution in [0.5, 0.6) is 0 Å². The molecule has 1 saturated heterocycles. The zero-order valence-corrected chi connectivity index (χ0v) is 12.0. The fourth-order valence-corrected chi connectivity index (χ4v) is 3.46. The maximum atomic E-state index is 12.4. The number of carbonyl (C=O) groups excluding carboxylic acids is 2. The summed E-state index contributed by atoms with van der Waals surface area (Å²) < 4.78 is 0. The number of rotatable bonds is 3. The van der Waals surface area contributed by atoms with Gasteiger partial charge in [0.2, 0.25) is 0 Å². The predicted molar refractivity (Wildman–Crippen MR) is 73.1 cm³/mol. The summed E-state index contributed by atoms with van der Waals surface area (Å²) in [6.07, 6.45) is 2.46. The molecule has 1 aliphatic heterocycles. The minimum atomic E-state index is 0.0972. The molecule has 2 rings (SSSR count). The number of likely N-dealkylation sites (tertiary alicyclic amines) is 1. The molecule has 1 amide bonds. The van der Waals surface area contributed by atoms with Crippen LogP contribution in [0.25, 0.3) is 0 Å². The molecular weight excluding hydrogens is 246 g/mol. The molecule has 2 heterocycles. The van der Waals surface area contributed by atoms with Crippen LogP contribution in [0.2, 0.25) is 0 Å². The van der Waals surface area contributed by atoms with E-state index in [0.717, 1.165) is 24.3 Å². The van der Waals surface area contributed by atoms with Gasteiger partial charge in [-0.2, -0.15) is 0 Å². The highest BCUT2D eigenvalue weighted by Crippen LogP contribution is 2.27. The van der Waals surface area contributed by atoms with Gasteiger partial charge in [0.15, 0.2) is 0 Å². The van der Waals surface area contributed by atoms with Crippen molar-refractivity contribution < 1.29 is 9.59 Å². The van der Waals surface area contributed by atoms with E-state index < -0.39 is 0 Å². The smallest absolute Gasteiger partial charge is 0.264 e. The van der Waals surface area contributed by atoms with Gasteiger partial charge in [0, 0.05) is 23.9 Å². The molecule has 0 N–H and O–H groups in total. The van der Waals surface area contributed by atoms with E-state index in [9.17, 15) is 9.59 Å². The van der Waals surface area contributed by atoms with Crippen LogP contribution in [0.15, 0.2) is 6.07 Å². The Hall–Kier alpha value is -1.16.